The van der Waals surface area contributed by atoms with Gasteiger partial charge in [-0.3, -0.25) is 9.78 Å². The first kappa shape index (κ1) is 13.0. The van der Waals surface area contributed by atoms with Crippen LogP contribution in [0, 0.1) is 6.92 Å². The third-order valence-electron chi connectivity index (χ3n) is 3.23. The van der Waals surface area contributed by atoms with Crippen LogP contribution < -0.4 is 4.74 Å². The Morgan fingerprint density at radius 2 is 2.25 bits per heavy atom. The van der Waals surface area contributed by atoms with E-state index in [1.54, 1.807) is 24.2 Å². The molecule has 1 saturated heterocycles. The number of nitrogens with zero attached hydrogens (tertiary/aromatic N) is 4. The lowest BCUT2D eigenvalue weighted by molar-refractivity contribution is 0.0776. The van der Waals surface area contributed by atoms with Gasteiger partial charge in [-0.15, -0.1) is 5.10 Å². The zero-order valence-corrected chi connectivity index (χ0v) is 11.8. The number of aryl methyl sites for hydroxylation is 1. The standard InChI is InChI=1S/C13H14N4O2S/c1-9-12(20-16-15-9)13(18)17-7-4-11(8-17)19-10-2-5-14-6-3-10/h2-3,5-6,11H,4,7-8H2,1H3/t11-/m1/s1. The van der Waals surface area contributed by atoms with Crippen LogP contribution in [0.5, 0.6) is 5.75 Å². The van der Waals surface area contributed by atoms with Gasteiger partial charge in [0.25, 0.3) is 5.91 Å². The van der Waals surface area contributed by atoms with E-state index < -0.39 is 0 Å². The van der Waals surface area contributed by atoms with E-state index >= 15 is 0 Å². The van der Waals surface area contributed by atoms with Crippen molar-refractivity contribution in [1.82, 2.24) is 19.5 Å². The van der Waals surface area contributed by atoms with Gasteiger partial charge in [-0.2, -0.15) is 0 Å². The zero-order valence-electron chi connectivity index (χ0n) is 11.0. The third kappa shape index (κ3) is 2.62. The maximum absolute atomic E-state index is 12.3. The van der Waals surface area contributed by atoms with Gasteiger partial charge in [0.05, 0.1) is 12.2 Å². The Kier molecular flexibility index (Phi) is 3.60. The van der Waals surface area contributed by atoms with Crippen molar-refractivity contribution in [2.24, 2.45) is 0 Å². The number of pyridine rings is 1. The van der Waals surface area contributed by atoms with Crippen molar-refractivity contribution < 1.29 is 9.53 Å². The summed E-state index contributed by atoms with van der Waals surface area (Å²) in [5, 5.41) is 3.88. The molecule has 2 aromatic heterocycles. The second kappa shape index (κ2) is 5.54. The van der Waals surface area contributed by atoms with Gasteiger partial charge in [0.15, 0.2) is 0 Å². The fourth-order valence-corrected chi connectivity index (χ4v) is 2.81. The van der Waals surface area contributed by atoms with Gasteiger partial charge in [0.2, 0.25) is 0 Å². The molecule has 1 aliphatic rings. The largest absolute Gasteiger partial charge is 0.488 e. The number of aromatic nitrogens is 3. The monoisotopic (exact) mass is 290 g/mol. The number of ether oxygens (including phenoxy) is 1. The summed E-state index contributed by atoms with van der Waals surface area (Å²) in [6, 6.07) is 3.64. The van der Waals surface area contributed by atoms with Crippen molar-refractivity contribution >= 4 is 17.4 Å². The van der Waals surface area contributed by atoms with Crippen LogP contribution in [0.4, 0.5) is 0 Å². The summed E-state index contributed by atoms with van der Waals surface area (Å²) in [4.78, 5) is 18.7. The topological polar surface area (TPSA) is 68.2 Å². The maximum Gasteiger partial charge on any atom is 0.267 e. The van der Waals surface area contributed by atoms with Crippen molar-refractivity contribution in [3.8, 4) is 5.75 Å². The number of rotatable bonds is 3. The number of hydrogen-bond donors (Lipinski definition) is 0. The molecule has 0 unspecified atom stereocenters. The number of hydrogen-bond acceptors (Lipinski definition) is 6. The van der Waals surface area contributed by atoms with E-state index in [0.29, 0.717) is 23.7 Å². The van der Waals surface area contributed by atoms with E-state index in [4.69, 9.17) is 4.74 Å². The van der Waals surface area contributed by atoms with E-state index in [0.717, 1.165) is 23.7 Å². The van der Waals surface area contributed by atoms with Crippen molar-refractivity contribution in [1.29, 1.82) is 0 Å². The molecule has 104 valence electrons. The van der Waals surface area contributed by atoms with E-state index in [2.05, 4.69) is 14.6 Å². The fraction of sp³-hybridized carbons (Fsp3) is 0.385. The maximum atomic E-state index is 12.3. The molecule has 3 rings (SSSR count). The molecule has 0 aliphatic carbocycles. The SMILES string of the molecule is Cc1nnsc1C(=O)N1CC[C@@H](Oc2ccncc2)C1. The van der Waals surface area contributed by atoms with E-state index in [1.807, 2.05) is 12.1 Å². The molecule has 1 amide bonds. The van der Waals surface area contributed by atoms with Crippen LogP contribution in [0.25, 0.3) is 0 Å². The van der Waals surface area contributed by atoms with Gasteiger partial charge in [-0.1, -0.05) is 4.49 Å². The second-order valence-electron chi connectivity index (χ2n) is 4.65. The van der Waals surface area contributed by atoms with Crippen LogP contribution in [-0.2, 0) is 0 Å². The molecule has 6 nitrogen and oxygen atoms in total. The molecular weight excluding hydrogens is 276 g/mol. The molecule has 0 radical (unpaired) electrons. The van der Waals surface area contributed by atoms with E-state index in [-0.39, 0.29) is 12.0 Å². The van der Waals surface area contributed by atoms with Gasteiger partial charge in [0.1, 0.15) is 16.7 Å². The molecule has 0 saturated carbocycles. The summed E-state index contributed by atoms with van der Waals surface area (Å²) in [5.41, 5.74) is 0.693. The number of carbonyl (C=O) groups excluding carboxylic acids is 1. The second-order valence-corrected chi connectivity index (χ2v) is 5.40. The van der Waals surface area contributed by atoms with Crippen molar-refractivity contribution in [2.45, 2.75) is 19.4 Å². The molecule has 7 heteroatoms. The smallest absolute Gasteiger partial charge is 0.267 e. The Morgan fingerprint density at radius 3 is 2.95 bits per heavy atom. The van der Waals surface area contributed by atoms with Crippen molar-refractivity contribution in [3.05, 3.63) is 35.1 Å². The van der Waals surface area contributed by atoms with E-state index in [9.17, 15) is 4.79 Å². The minimum Gasteiger partial charge on any atom is -0.488 e. The molecule has 0 bridgehead atoms. The molecule has 20 heavy (non-hydrogen) atoms. The summed E-state index contributed by atoms with van der Waals surface area (Å²) in [6.07, 6.45) is 4.25. The molecule has 0 aromatic carbocycles. The van der Waals surface area contributed by atoms with Gasteiger partial charge in [-0.05, 0) is 30.6 Å². The van der Waals surface area contributed by atoms with Crippen LogP contribution in [0.3, 0.4) is 0 Å². The summed E-state index contributed by atoms with van der Waals surface area (Å²) >= 11 is 1.15. The summed E-state index contributed by atoms with van der Waals surface area (Å²) < 4.78 is 9.65. The Bertz CT molecular complexity index is 601. The van der Waals surface area contributed by atoms with Crippen LogP contribution in [0.1, 0.15) is 21.8 Å². The lowest BCUT2D eigenvalue weighted by atomic mass is 10.3. The number of amides is 1. The highest BCUT2D eigenvalue weighted by Crippen LogP contribution is 2.21. The molecule has 1 fully saturated rings. The number of carbonyl (C=O) groups is 1. The zero-order chi connectivity index (χ0) is 13.9. The fourth-order valence-electron chi connectivity index (χ4n) is 2.19. The molecule has 1 atom stereocenters. The number of likely N-dealkylation sites (tertiary alicyclic amines) is 1. The van der Waals surface area contributed by atoms with Crippen LogP contribution >= 0.6 is 11.5 Å². The predicted octanol–water partition coefficient (Wildman–Crippen LogP) is 1.54. The van der Waals surface area contributed by atoms with Crippen LogP contribution in [-0.4, -0.2) is 44.6 Å². The summed E-state index contributed by atoms with van der Waals surface area (Å²) in [5.74, 6) is 0.785. The Hall–Kier alpha value is -2.02. The van der Waals surface area contributed by atoms with Gasteiger partial charge >= 0.3 is 0 Å². The minimum atomic E-state index is -0.00155. The van der Waals surface area contributed by atoms with Crippen LogP contribution in [0.2, 0.25) is 0 Å². The average molecular weight is 290 g/mol. The van der Waals surface area contributed by atoms with Gasteiger partial charge in [-0.25, -0.2) is 0 Å². The molecule has 1 aliphatic heterocycles. The Labute approximate surface area is 120 Å². The minimum absolute atomic E-state index is 0.00155. The lowest BCUT2D eigenvalue weighted by Gasteiger charge is -2.16. The quantitative estimate of drug-likeness (QED) is 0.857. The average Bonchev–Trinajstić information content (AvgIpc) is 3.08. The summed E-state index contributed by atoms with van der Waals surface area (Å²) in [6.45, 7) is 3.10. The lowest BCUT2D eigenvalue weighted by Crippen LogP contribution is -2.30. The first-order chi connectivity index (χ1) is 9.74. The highest BCUT2D eigenvalue weighted by molar-refractivity contribution is 7.07. The molecule has 0 spiro atoms. The normalized spacial score (nSPS) is 18.2. The molecule has 0 N–H and O–H groups in total. The molecular formula is C13H14N4O2S. The van der Waals surface area contributed by atoms with Crippen molar-refractivity contribution in [2.75, 3.05) is 13.1 Å². The Morgan fingerprint density at radius 1 is 1.45 bits per heavy atom. The highest BCUT2D eigenvalue weighted by Gasteiger charge is 2.30. The van der Waals surface area contributed by atoms with Gasteiger partial charge < -0.3 is 9.64 Å². The highest BCUT2D eigenvalue weighted by atomic mass is 32.1. The molecule has 2 aromatic rings. The third-order valence-corrected chi connectivity index (χ3v) is 4.05. The van der Waals surface area contributed by atoms with Gasteiger partial charge in [0, 0.05) is 25.4 Å². The first-order valence-corrected chi connectivity index (χ1v) is 7.16. The predicted molar refractivity (Wildman–Crippen MR) is 73.8 cm³/mol. The van der Waals surface area contributed by atoms with E-state index in [1.165, 1.54) is 0 Å². The van der Waals surface area contributed by atoms with Crippen LogP contribution in [0.15, 0.2) is 24.5 Å². The first-order valence-electron chi connectivity index (χ1n) is 6.39. The van der Waals surface area contributed by atoms with Crippen molar-refractivity contribution in [3.63, 3.8) is 0 Å². The molecule has 3 heterocycles. The summed E-state index contributed by atoms with van der Waals surface area (Å²) in [7, 11) is 0. The Balaban J connectivity index is 1.62.